The van der Waals surface area contributed by atoms with Crippen molar-refractivity contribution in [1.82, 2.24) is 5.32 Å². The van der Waals surface area contributed by atoms with Crippen molar-refractivity contribution in [2.45, 2.75) is 58.4 Å². The largest absolute Gasteiger partial charge is 0.310 e. The molecule has 0 aromatic carbocycles. The molecule has 2 atom stereocenters. The summed E-state index contributed by atoms with van der Waals surface area (Å²) in [5.74, 6) is 0.739. The minimum Gasteiger partial charge on any atom is -0.310 e. The predicted molar refractivity (Wildman–Crippen MR) is 70.5 cm³/mol. The van der Waals surface area contributed by atoms with Crippen LogP contribution in [0.25, 0.3) is 0 Å². The van der Waals surface area contributed by atoms with Crippen LogP contribution in [-0.2, 0) is 0 Å². The van der Waals surface area contributed by atoms with Gasteiger partial charge in [0.2, 0.25) is 0 Å². The molecule has 0 bridgehead atoms. The summed E-state index contributed by atoms with van der Waals surface area (Å²) in [5, 5.41) is 3.64. The molecule has 0 radical (unpaired) electrons. The molecular formula is C15H25N. The SMILES string of the molecule is CCCCC1=CCC(C)C=C1C1CCCN1. The third-order valence-corrected chi connectivity index (χ3v) is 3.81. The van der Waals surface area contributed by atoms with Gasteiger partial charge >= 0.3 is 0 Å². The maximum atomic E-state index is 3.64. The fourth-order valence-corrected chi connectivity index (χ4v) is 2.83. The number of hydrogen-bond acceptors (Lipinski definition) is 1. The molecular weight excluding hydrogens is 194 g/mol. The van der Waals surface area contributed by atoms with Crippen LogP contribution in [0.2, 0.25) is 0 Å². The number of unbranched alkanes of at least 4 members (excludes halogenated alkanes) is 1. The Morgan fingerprint density at radius 1 is 1.44 bits per heavy atom. The molecule has 1 aliphatic heterocycles. The van der Waals surface area contributed by atoms with Crippen LogP contribution in [0.4, 0.5) is 0 Å². The van der Waals surface area contributed by atoms with E-state index in [1.807, 2.05) is 0 Å². The summed E-state index contributed by atoms with van der Waals surface area (Å²) in [6.45, 7) is 5.82. The molecule has 2 unspecified atom stereocenters. The van der Waals surface area contributed by atoms with E-state index in [4.69, 9.17) is 0 Å². The Morgan fingerprint density at radius 2 is 2.31 bits per heavy atom. The topological polar surface area (TPSA) is 12.0 Å². The van der Waals surface area contributed by atoms with Crippen molar-refractivity contribution in [2.75, 3.05) is 6.54 Å². The van der Waals surface area contributed by atoms with Crippen LogP contribution in [0.5, 0.6) is 0 Å². The highest BCUT2D eigenvalue weighted by Crippen LogP contribution is 2.31. The van der Waals surface area contributed by atoms with E-state index in [0.717, 1.165) is 5.92 Å². The Labute approximate surface area is 100 Å². The van der Waals surface area contributed by atoms with Gasteiger partial charge in [0.25, 0.3) is 0 Å². The van der Waals surface area contributed by atoms with Gasteiger partial charge in [-0.2, -0.15) is 0 Å². The van der Waals surface area contributed by atoms with Crippen LogP contribution in [0.1, 0.15) is 52.4 Å². The Hall–Kier alpha value is -0.560. The van der Waals surface area contributed by atoms with Crippen LogP contribution in [0.3, 0.4) is 0 Å². The van der Waals surface area contributed by atoms with Crippen LogP contribution in [0.15, 0.2) is 23.3 Å². The molecule has 1 aliphatic carbocycles. The summed E-state index contributed by atoms with van der Waals surface area (Å²) in [6, 6.07) is 0.658. The normalized spacial score (nSPS) is 30.1. The van der Waals surface area contributed by atoms with Crippen LogP contribution >= 0.6 is 0 Å². The quantitative estimate of drug-likeness (QED) is 0.758. The van der Waals surface area contributed by atoms with Crippen molar-refractivity contribution in [3.63, 3.8) is 0 Å². The first-order valence-corrected chi connectivity index (χ1v) is 6.95. The highest BCUT2D eigenvalue weighted by Gasteiger charge is 2.23. The average Bonchev–Trinajstić information content (AvgIpc) is 2.80. The first-order chi connectivity index (χ1) is 7.81. The van der Waals surface area contributed by atoms with Crippen molar-refractivity contribution < 1.29 is 0 Å². The Bertz CT molecular complexity index is 282. The maximum Gasteiger partial charge on any atom is 0.0320 e. The van der Waals surface area contributed by atoms with Gasteiger partial charge in [-0.3, -0.25) is 0 Å². The zero-order chi connectivity index (χ0) is 11.4. The second-order valence-corrected chi connectivity index (χ2v) is 5.32. The summed E-state index contributed by atoms with van der Waals surface area (Å²) in [4.78, 5) is 0. The van der Waals surface area contributed by atoms with E-state index < -0.39 is 0 Å². The summed E-state index contributed by atoms with van der Waals surface area (Å²) >= 11 is 0. The van der Waals surface area contributed by atoms with Gasteiger partial charge in [-0.1, -0.05) is 32.4 Å². The molecule has 2 aliphatic rings. The third kappa shape index (κ3) is 2.76. The minimum atomic E-state index is 0.658. The molecule has 0 spiro atoms. The van der Waals surface area contributed by atoms with Crippen LogP contribution < -0.4 is 5.32 Å². The first-order valence-electron chi connectivity index (χ1n) is 6.95. The van der Waals surface area contributed by atoms with E-state index >= 15 is 0 Å². The molecule has 1 heteroatoms. The Kier molecular flexibility index (Phi) is 4.22. The molecule has 0 aromatic rings. The molecule has 0 aromatic heterocycles. The first kappa shape index (κ1) is 11.9. The van der Waals surface area contributed by atoms with E-state index in [0.29, 0.717) is 6.04 Å². The maximum absolute atomic E-state index is 3.64. The van der Waals surface area contributed by atoms with Crippen LogP contribution in [-0.4, -0.2) is 12.6 Å². The summed E-state index contributed by atoms with van der Waals surface area (Å²) in [7, 11) is 0. The van der Waals surface area contributed by atoms with Gasteiger partial charge in [-0.25, -0.2) is 0 Å². The molecule has 1 fully saturated rings. The molecule has 90 valence electrons. The lowest BCUT2D eigenvalue weighted by Crippen LogP contribution is -2.26. The Balaban J connectivity index is 2.06. The van der Waals surface area contributed by atoms with E-state index in [1.54, 1.807) is 11.1 Å². The van der Waals surface area contributed by atoms with Gasteiger partial charge in [-0.15, -0.1) is 0 Å². The standard InChI is InChI=1S/C15H25N/c1-3-4-6-13-9-8-12(2)11-14(13)15-7-5-10-16-15/h9,11-12,15-16H,3-8,10H2,1-2H3. The van der Waals surface area contributed by atoms with Gasteiger partial charge in [0.15, 0.2) is 0 Å². The summed E-state index contributed by atoms with van der Waals surface area (Å²) < 4.78 is 0. The Morgan fingerprint density at radius 3 is 3.00 bits per heavy atom. The second-order valence-electron chi connectivity index (χ2n) is 5.32. The van der Waals surface area contributed by atoms with Gasteiger partial charge in [0.1, 0.15) is 0 Å². The predicted octanol–water partition coefficient (Wildman–Crippen LogP) is 3.82. The van der Waals surface area contributed by atoms with Crippen molar-refractivity contribution >= 4 is 0 Å². The number of nitrogens with one attached hydrogen (secondary N) is 1. The number of allylic oxidation sites excluding steroid dienone is 2. The van der Waals surface area contributed by atoms with Gasteiger partial charge in [0, 0.05) is 6.04 Å². The van der Waals surface area contributed by atoms with Crippen molar-refractivity contribution in [2.24, 2.45) is 5.92 Å². The van der Waals surface area contributed by atoms with Gasteiger partial charge in [-0.05, 0) is 55.7 Å². The zero-order valence-electron chi connectivity index (χ0n) is 10.8. The van der Waals surface area contributed by atoms with E-state index in [9.17, 15) is 0 Å². The zero-order valence-corrected chi connectivity index (χ0v) is 10.8. The molecule has 16 heavy (non-hydrogen) atoms. The van der Waals surface area contributed by atoms with Crippen LogP contribution in [0, 0.1) is 5.92 Å². The lowest BCUT2D eigenvalue weighted by molar-refractivity contribution is 0.633. The number of rotatable bonds is 4. The third-order valence-electron chi connectivity index (χ3n) is 3.81. The lowest BCUT2D eigenvalue weighted by atomic mass is 9.85. The summed E-state index contributed by atoms with van der Waals surface area (Å²) in [6.07, 6.45) is 12.9. The number of hydrogen-bond donors (Lipinski definition) is 1. The highest BCUT2D eigenvalue weighted by atomic mass is 14.9. The average molecular weight is 219 g/mol. The monoisotopic (exact) mass is 219 g/mol. The lowest BCUT2D eigenvalue weighted by Gasteiger charge is -2.24. The molecule has 0 amide bonds. The van der Waals surface area contributed by atoms with Gasteiger partial charge in [0.05, 0.1) is 0 Å². The van der Waals surface area contributed by atoms with Crippen molar-refractivity contribution in [3.05, 3.63) is 23.3 Å². The molecule has 1 heterocycles. The van der Waals surface area contributed by atoms with Crippen molar-refractivity contribution in [1.29, 1.82) is 0 Å². The minimum absolute atomic E-state index is 0.658. The van der Waals surface area contributed by atoms with E-state index in [-0.39, 0.29) is 0 Å². The second kappa shape index (κ2) is 5.67. The molecule has 2 rings (SSSR count). The smallest absolute Gasteiger partial charge is 0.0320 e. The van der Waals surface area contributed by atoms with E-state index in [1.165, 1.54) is 45.1 Å². The molecule has 0 saturated carbocycles. The molecule has 1 N–H and O–H groups in total. The molecule has 1 saturated heterocycles. The van der Waals surface area contributed by atoms with E-state index in [2.05, 4.69) is 31.3 Å². The highest BCUT2D eigenvalue weighted by molar-refractivity contribution is 5.39. The van der Waals surface area contributed by atoms with Crippen molar-refractivity contribution in [3.8, 4) is 0 Å². The summed E-state index contributed by atoms with van der Waals surface area (Å²) in [5.41, 5.74) is 3.27. The molecule has 1 nitrogen and oxygen atoms in total. The van der Waals surface area contributed by atoms with Gasteiger partial charge < -0.3 is 5.32 Å². The fourth-order valence-electron chi connectivity index (χ4n) is 2.83. The fraction of sp³-hybridized carbons (Fsp3) is 0.733.